The Morgan fingerprint density at radius 3 is 3.10 bits per heavy atom. The van der Waals surface area contributed by atoms with Gasteiger partial charge in [0.15, 0.2) is 0 Å². The standard InChI is InChI=1S/C15H18ClN3S/c1-11-8-19(7-6-17-11)9-12-10-20-15(18-12)13-4-2-3-5-14(13)16/h2-5,10-11,17H,6-9H2,1H3/t11-/m1/s1. The largest absolute Gasteiger partial charge is 0.312 e. The van der Waals surface area contributed by atoms with Crippen molar-refractivity contribution in [3.63, 3.8) is 0 Å². The van der Waals surface area contributed by atoms with E-state index in [1.165, 1.54) is 0 Å². The first-order chi connectivity index (χ1) is 9.72. The topological polar surface area (TPSA) is 28.2 Å². The summed E-state index contributed by atoms with van der Waals surface area (Å²) >= 11 is 7.90. The minimum absolute atomic E-state index is 0.561. The summed E-state index contributed by atoms with van der Waals surface area (Å²) in [6.45, 7) is 6.38. The summed E-state index contributed by atoms with van der Waals surface area (Å²) in [7, 11) is 0. The first kappa shape index (κ1) is 14.0. The summed E-state index contributed by atoms with van der Waals surface area (Å²) in [4.78, 5) is 7.18. The van der Waals surface area contributed by atoms with Gasteiger partial charge in [0, 0.05) is 43.2 Å². The number of benzene rings is 1. The van der Waals surface area contributed by atoms with Gasteiger partial charge in [0.05, 0.1) is 10.7 Å². The molecule has 1 atom stereocenters. The third-order valence-electron chi connectivity index (χ3n) is 3.49. The number of rotatable bonds is 3. The van der Waals surface area contributed by atoms with E-state index in [0.717, 1.165) is 47.5 Å². The van der Waals surface area contributed by atoms with Crippen LogP contribution in [0.3, 0.4) is 0 Å². The maximum absolute atomic E-state index is 6.23. The number of hydrogen-bond acceptors (Lipinski definition) is 4. The van der Waals surface area contributed by atoms with E-state index in [9.17, 15) is 0 Å². The Hall–Kier alpha value is -0.940. The summed E-state index contributed by atoms with van der Waals surface area (Å²) in [6, 6.07) is 8.45. The van der Waals surface area contributed by atoms with Crippen molar-refractivity contribution in [2.75, 3.05) is 19.6 Å². The van der Waals surface area contributed by atoms with Crippen LogP contribution >= 0.6 is 22.9 Å². The number of nitrogens with zero attached hydrogens (tertiary/aromatic N) is 2. The number of aromatic nitrogens is 1. The summed E-state index contributed by atoms with van der Waals surface area (Å²) in [5.74, 6) is 0. The molecule has 0 spiro atoms. The molecule has 1 aliphatic rings. The van der Waals surface area contributed by atoms with Crippen LogP contribution in [0.5, 0.6) is 0 Å². The Bertz CT molecular complexity index is 584. The summed E-state index contributed by atoms with van der Waals surface area (Å²) < 4.78 is 0. The Morgan fingerprint density at radius 2 is 2.30 bits per heavy atom. The molecular weight excluding hydrogens is 290 g/mol. The Labute approximate surface area is 128 Å². The van der Waals surface area contributed by atoms with Gasteiger partial charge < -0.3 is 5.32 Å². The molecule has 2 aromatic rings. The molecule has 1 aromatic carbocycles. The first-order valence-electron chi connectivity index (χ1n) is 6.87. The van der Waals surface area contributed by atoms with Crippen LogP contribution in [-0.4, -0.2) is 35.6 Å². The fourth-order valence-corrected chi connectivity index (χ4v) is 3.65. The van der Waals surface area contributed by atoms with Crippen molar-refractivity contribution in [3.05, 3.63) is 40.4 Å². The fraction of sp³-hybridized carbons (Fsp3) is 0.400. The third-order valence-corrected chi connectivity index (χ3v) is 4.75. The van der Waals surface area contributed by atoms with Crippen molar-refractivity contribution in [3.8, 4) is 10.6 Å². The molecule has 0 unspecified atom stereocenters. The van der Waals surface area contributed by atoms with Crippen molar-refractivity contribution >= 4 is 22.9 Å². The summed E-state index contributed by atoms with van der Waals surface area (Å²) in [6.07, 6.45) is 0. The van der Waals surface area contributed by atoms with E-state index in [0.29, 0.717) is 6.04 Å². The van der Waals surface area contributed by atoms with Gasteiger partial charge in [-0.05, 0) is 13.0 Å². The predicted molar refractivity (Wildman–Crippen MR) is 85.3 cm³/mol. The van der Waals surface area contributed by atoms with Gasteiger partial charge in [-0.25, -0.2) is 4.98 Å². The molecule has 0 amide bonds. The lowest BCUT2D eigenvalue weighted by atomic mass is 10.2. The van der Waals surface area contributed by atoms with E-state index < -0.39 is 0 Å². The molecule has 3 nitrogen and oxygen atoms in total. The minimum Gasteiger partial charge on any atom is -0.312 e. The SMILES string of the molecule is C[C@@H]1CN(Cc2csc(-c3ccccc3Cl)n2)CCN1. The molecule has 0 aliphatic carbocycles. The maximum Gasteiger partial charge on any atom is 0.125 e. The highest BCUT2D eigenvalue weighted by Gasteiger charge is 2.17. The van der Waals surface area contributed by atoms with E-state index in [1.54, 1.807) is 11.3 Å². The Kier molecular flexibility index (Phi) is 4.36. The van der Waals surface area contributed by atoms with Gasteiger partial charge in [0.25, 0.3) is 0 Å². The van der Waals surface area contributed by atoms with Crippen LogP contribution in [0.25, 0.3) is 10.6 Å². The quantitative estimate of drug-likeness (QED) is 0.943. The summed E-state index contributed by atoms with van der Waals surface area (Å²) in [5.41, 5.74) is 2.16. The van der Waals surface area contributed by atoms with Crippen LogP contribution in [0.2, 0.25) is 5.02 Å². The Morgan fingerprint density at radius 1 is 1.45 bits per heavy atom. The van der Waals surface area contributed by atoms with Crippen molar-refractivity contribution in [1.82, 2.24) is 15.2 Å². The number of thiazole rings is 1. The molecule has 1 aliphatic heterocycles. The molecule has 2 heterocycles. The van der Waals surface area contributed by atoms with Crippen molar-refractivity contribution in [1.29, 1.82) is 0 Å². The van der Waals surface area contributed by atoms with E-state index in [1.807, 2.05) is 24.3 Å². The molecule has 0 bridgehead atoms. The monoisotopic (exact) mass is 307 g/mol. The van der Waals surface area contributed by atoms with Gasteiger partial charge in [0.2, 0.25) is 0 Å². The first-order valence-corrected chi connectivity index (χ1v) is 8.13. The highest BCUT2D eigenvalue weighted by molar-refractivity contribution is 7.13. The van der Waals surface area contributed by atoms with Crippen LogP contribution in [0.15, 0.2) is 29.6 Å². The maximum atomic E-state index is 6.23. The van der Waals surface area contributed by atoms with Crippen LogP contribution in [-0.2, 0) is 6.54 Å². The summed E-state index contributed by atoms with van der Waals surface area (Å²) in [5, 5.41) is 7.38. The second kappa shape index (κ2) is 6.22. The lowest BCUT2D eigenvalue weighted by Crippen LogP contribution is -2.48. The molecule has 106 valence electrons. The zero-order chi connectivity index (χ0) is 13.9. The van der Waals surface area contributed by atoms with E-state index in [4.69, 9.17) is 16.6 Å². The highest BCUT2D eigenvalue weighted by atomic mass is 35.5. The minimum atomic E-state index is 0.561. The number of halogens is 1. The number of nitrogens with one attached hydrogen (secondary N) is 1. The van der Waals surface area contributed by atoms with Crippen LogP contribution < -0.4 is 5.32 Å². The van der Waals surface area contributed by atoms with Gasteiger partial charge in [-0.15, -0.1) is 11.3 Å². The molecule has 1 N–H and O–H groups in total. The van der Waals surface area contributed by atoms with Gasteiger partial charge in [0.1, 0.15) is 5.01 Å². The fourth-order valence-electron chi connectivity index (χ4n) is 2.52. The van der Waals surface area contributed by atoms with Crippen LogP contribution in [0.1, 0.15) is 12.6 Å². The van der Waals surface area contributed by atoms with E-state index >= 15 is 0 Å². The molecule has 0 saturated carbocycles. The van der Waals surface area contributed by atoms with Gasteiger partial charge in [-0.3, -0.25) is 4.90 Å². The van der Waals surface area contributed by atoms with Crippen molar-refractivity contribution in [2.45, 2.75) is 19.5 Å². The molecule has 1 saturated heterocycles. The normalized spacial score (nSPS) is 20.2. The van der Waals surface area contributed by atoms with Crippen LogP contribution in [0.4, 0.5) is 0 Å². The zero-order valence-electron chi connectivity index (χ0n) is 11.5. The Balaban J connectivity index is 1.72. The average molecular weight is 308 g/mol. The van der Waals surface area contributed by atoms with E-state index in [2.05, 4.69) is 22.5 Å². The molecule has 20 heavy (non-hydrogen) atoms. The molecular formula is C15H18ClN3S. The lowest BCUT2D eigenvalue weighted by Gasteiger charge is -2.31. The number of piperazine rings is 1. The molecule has 1 aromatic heterocycles. The molecule has 0 radical (unpaired) electrons. The predicted octanol–water partition coefficient (Wildman–Crippen LogP) is 3.26. The smallest absolute Gasteiger partial charge is 0.125 e. The van der Waals surface area contributed by atoms with Gasteiger partial charge in [-0.2, -0.15) is 0 Å². The van der Waals surface area contributed by atoms with Gasteiger partial charge >= 0.3 is 0 Å². The van der Waals surface area contributed by atoms with Crippen molar-refractivity contribution < 1.29 is 0 Å². The second-order valence-corrected chi connectivity index (χ2v) is 6.48. The van der Waals surface area contributed by atoms with Gasteiger partial charge in [-0.1, -0.05) is 29.8 Å². The van der Waals surface area contributed by atoms with Crippen molar-refractivity contribution in [2.24, 2.45) is 0 Å². The van der Waals surface area contributed by atoms with Crippen LogP contribution in [0, 0.1) is 0 Å². The lowest BCUT2D eigenvalue weighted by molar-refractivity contribution is 0.198. The molecule has 5 heteroatoms. The third kappa shape index (κ3) is 3.20. The molecule has 3 rings (SSSR count). The zero-order valence-corrected chi connectivity index (χ0v) is 13.0. The molecule has 1 fully saturated rings. The number of hydrogen-bond donors (Lipinski definition) is 1. The average Bonchev–Trinajstić information content (AvgIpc) is 2.87. The highest BCUT2D eigenvalue weighted by Crippen LogP contribution is 2.30. The second-order valence-electron chi connectivity index (χ2n) is 5.21. The van der Waals surface area contributed by atoms with E-state index in [-0.39, 0.29) is 0 Å².